The van der Waals surface area contributed by atoms with Crippen molar-refractivity contribution in [3.05, 3.63) is 39.7 Å². The minimum atomic E-state index is 0.121. The molecule has 2 aromatic heterocycles. The molecule has 0 radical (unpaired) electrons. The third-order valence-corrected chi connectivity index (χ3v) is 4.78. The van der Waals surface area contributed by atoms with Gasteiger partial charge in [-0.25, -0.2) is 4.98 Å². The number of carbonyl (C=O) groups excluding carboxylic acids is 1. The predicted octanol–water partition coefficient (Wildman–Crippen LogP) is 2.31. The number of carbonyl (C=O) groups is 1. The molecule has 0 bridgehead atoms. The van der Waals surface area contributed by atoms with Gasteiger partial charge in [-0.2, -0.15) is 0 Å². The SMILES string of the molecule is Cc1nc(C)c(C(=O)N2CCN(Cc3ccco3)CC2)s1. The molecule has 1 amide bonds. The maximum atomic E-state index is 12.5. The molecule has 6 heteroatoms. The summed E-state index contributed by atoms with van der Waals surface area (Å²) in [5.74, 6) is 1.10. The minimum absolute atomic E-state index is 0.121. The number of thiazole rings is 1. The summed E-state index contributed by atoms with van der Waals surface area (Å²) in [6, 6.07) is 3.89. The van der Waals surface area contributed by atoms with Gasteiger partial charge < -0.3 is 9.32 Å². The fourth-order valence-corrected chi connectivity index (χ4v) is 3.49. The highest BCUT2D eigenvalue weighted by atomic mass is 32.1. The second kappa shape index (κ2) is 5.99. The largest absolute Gasteiger partial charge is 0.468 e. The van der Waals surface area contributed by atoms with Crippen LogP contribution in [-0.2, 0) is 6.54 Å². The Balaban J connectivity index is 1.58. The highest BCUT2D eigenvalue weighted by Crippen LogP contribution is 2.20. The van der Waals surface area contributed by atoms with Crippen molar-refractivity contribution in [1.29, 1.82) is 0 Å². The number of nitrogens with zero attached hydrogens (tertiary/aromatic N) is 3. The Morgan fingerprint density at radius 2 is 2.10 bits per heavy atom. The first-order valence-corrected chi connectivity index (χ1v) is 7.93. The first-order chi connectivity index (χ1) is 10.1. The molecule has 3 rings (SSSR count). The third kappa shape index (κ3) is 3.16. The molecule has 3 heterocycles. The zero-order chi connectivity index (χ0) is 14.8. The van der Waals surface area contributed by atoms with Gasteiger partial charge in [-0.15, -0.1) is 11.3 Å². The van der Waals surface area contributed by atoms with Crippen molar-refractivity contribution in [2.75, 3.05) is 26.2 Å². The topological polar surface area (TPSA) is 49.6 Å². The minimum Gasteiger partial charge on any atom is -0.468 e. The molecule has 1 aliphatic rings. The van der Waals surface area contributed by atoms with Crippen molar-refractivity contribution in [2.24, 2.45) is 0 Å². The molecule has 0 spiro atoms. The maximum Gasteiger partial charge on any atom is 0.265 e. The molecule has 0 saturated carbocycles. The molecule has 2 aromatic rings. The highest BCUT2D eigenvalue weighted by molar-refractivity contribution is 7.13. The molecule has 0 aromatic carbocycles. The van der Waals surface area contributed by atoms with Gasteiger partial charge in [-0.1, -0.05) is 0 Å². The van der Waals surface area contributed by atoms with Gasteiger partial charge in [0, 0.05) is 26.2 Å². The number of amides is 1. The average molecular weight is 305 g/mol. The fraction of sp³-hybridized carbons (Fsp3) is 0.467. The zero-order valence-corrected chi connectivity index (χ0v) is 13.2. The highest BCUT2D eigenvalue weighted by Gasteiger charge is 2.25. The summed E-state index contributed by atoms with van der Waals surface area (Å²) < 4.78 is 5.37. The normalized spacial score (nSPS) is 16.4. The van der Waals surface area contributed by atoms with E-state index < -0.39 is 0 Å². The standard InChI is InChI=1S/C15H19N3O2S/c1-11-14(21-12(2)16-11)15(19)18-7-5-17(6-8-18)10-13-4-3-9-20-13/h3-4,9H,5-8,10H2,1-2H3. The Hall–Kier alpha value is -1.66. The van der Waals surface area contributed by atoms with Crippen LogP contribution in [0.15, 0.2) is 22.8 Å². The van der Waals surface area contributed by atoms with E-state index in [1.165, 1.54) is 11.3 Å². The van der Waals surface area contributed by atoms with Crippen LogP contribution in [0, 0.1) is 13.8 Å². The van der Waals surface area contributed by atoms with E-state index in [1.54, 1.807) is 6.26 Å². The molecule has 5 nitrogen and oxygen atoms in total. The van der Waals surface area contributed by atoms with Crippen molar-refractivity contribution in [2.45, 2.75) is 20.4 Å². The summed E-state index contributed by atoms with van der Waals surface area (Å²) in [4.78, 5) is 21.9. The van der Waals surface area contributed by atoms with Gasteiger partial charge in [0.25, 0.3) is 5.91 Å². The number of aromatic nitrogens is 1. The number of hydrogen-bond donors (Lipinski definition) is 0. The number of rotatable bonds is 3. The van der Waals surface area contributed by atoms with Crippen LogP contribution in [0.3, 0.4) is 0 Å². The van der Waals surface area contributed by atoms with E-state index >= 15 is 0 Å². The lowest BCUT2D eigenvalue weighted by Gasteiger charge is -2.34. The molecule has 0 unspecified atom stereocenters. The smallest absolute Gasteiger partial charge is 0.265 e. The Bertz CT molecular complexity index is 613. The summed E-state index contributed by atoms with van der Waals surface area (Å²) in [7, 11) is 0. The second-order valence-corrected chi connectivity index (χ2v) is 6.50. The van der Waals surface area contributed by atoms with Crippen LogP contribution in [0.25, 0.3) is 0 Å². The van der Waals surface area contributed by atoms with Crippen molar-refractivity contribution >= 4 is 17.2 Å². The third-order valence-electron chi connectivity index (χ3n) is 3.72. The summed E-state index contributed by atoms with van der Waals surface area (Å²) in [5.41, 5.74) is 0.848. The van der Waals surface area contributed by atoms with Crippen LogP contribution in [-0.4, -0.2) is 46.9 Å². The monoisotopic (exact) mass is 305 g/mol. The lowest BCUT2D eigenvalue weighted by atomic mass is 10.2. The average Bonchev–Trinajstić information content (AvgIpc) is 3.08. The number of piperazine rings is 1. The Kier molecular flexibility index (Phi) is 4.07. The van der Waals surface area contributed by atoms with Crippen molar-refractivity contribution in [3.63, 3.8) is 0 Å². The molecule has 21 heavy (non-hydrogen) atoms. The maximum absolute atomic E-state index is 12.5. The van der Waals surface area contributed by atoms with E-state index in [9.17, 15) is 4.79 Å². The van der Waals surface area contributed by atoms with E-state index in [1.807, 2.05) is 30.9 Å². The Labute approximate surface area is 128 Å². The van der Waals surface area contributed by atoms with E-state index in [4.69, 9.17) is 4.42 Å². The molecule has 0 atom stereocenters. The molecular formula is C15H19N3O2S. The van der Waals surface area contributed by atoms with Crippen LogP contribution in [0.4, 0.5) is 0 Å². The van der Waals surface area contributed by atoms with E-state index in [0.29, 0.717) is 0 Å². The first kappa shape index (κ1) is 14.3. The van der Waals surface area contributed by atoms with Crippen LogP contribution in [0.1, 0.15) is 26.1 Å². The quantitative estimate of drug-likeness (QED) is 0.873. The van der Waals surface area contributed by atoms with Crippen molar-refractivity contribution < 1.29 is 9.21 Å². The van der Waals surface area contributed by atoms with Gasteiger partial charge in [0.15, 0.2) is 0 Å². The molecule has 1 aliphatic heterocycles. The van der Waals surface area contributed by atoms with E-state index in [0.717, 1.165) is 54.1 Å². The first-order valence-electron chi connectivity index (χ1n) is 7.11. The molecule has 1 saturated heterocycles. The second-order valence-electron chi connectivity index (χ2n) is 5.30. The lowest BCUT2D eigenvalue weighted by Crippen LogP contribution is -2.48. The molecule has 0 aliphatic carbocycles. The van der Waals surface area contributed by atoms with Gasteiger partial charge in [-0.05, 0) is 26.0 Å². The lowest BCUT2D eigenvalue weighted by molar-refractivity contribution is 0.0624. The predicted molar refractivity (Wildman–Crippen MR) is 81.5 cm³/mol. The molecule has 1 fully saturated rings. The van der Waals surface area contributed by atoms with Gasteiger partial charge in [0.2, 0.25) is 0 Å². The fourth-order valence-electron chi connectivity index (χ4n) is 2.61. The van der Waals surface area contributed by atoms with Gasteiger partial charge >= 0.3 is 0 Å². The van der Waals surface area contributed by atoms with Crippen LogP contribution in [0.2, 0.25) is 0 Å². The van der Waals surface area contributed by atoms with Crippen LogP contribution >= 0.6 is 11.3 Å². The van der Waals surface area contributed by atoms with E-state index in [-0.39, 0.29) is 5.91 Å². The van der Waals surface area contributed by atoms with Gasteiger partial charge in [0.1, 0.15) is 10.6 Å². The van der Waals surface area contributed by atoms with Crippen molar-refractivity contribution in [3.8, 4) is 0 Å². The van der Waals surface area contributed by atoms with Gasteiger partial charge in [0.05, 0.1) is 23.5 Å². The summed E-state index contributed by atoms with van der Waals surface area (Å²) in [5, 5.41) is 0.951. The molecule has 112 valence electrons. The summed E-state index contributed by atoms with van der Waals surface area (Å²) >= 11 is 1.49. The molecule has 0 N–H and O–H groups in total. The molecular weight excluding hydrogens is 286 g/mol. The Morgan fingerprint density at radius 1 is 1.33 bits per heavy atom. The summed E-state index contributed by atoms with van der Waals surface area (Å²) in [6.07, 6.45) is 1.70. The van der Waals surface area contributed by atoms with Crippen LogP contribution < -0.4 is 0 Å². The zero-order valence-electron chi connectivity index (χ0n) is 12.3. The number of furan rings is 1. The van der Waals surface area contributed by atoms with Crippen LogP contribution in [0.5, 0.6) is 0 Å². The Morgan fingerprint density at radius 3 is 2.67 bits per heavy atom. The van der Waals surface area contributed by atoms with E-state index in [2.05, 4.69) is 9.88 Å². The number of hydrogen-bond acceptors (Lipinski definition) is 5. The van der Waals surface area contributed by atoms with Gasteiger partial charge in [-0.3, -0.25) is 9.69 Å². The summed E-state index contributed by atoms with van der Waals surface area (Å²) in [6.45, 7) is 7.94. The van der Waals surface area contributed by atoms with Crippen molar-refractivity contribution in [1.82, 2.24) is 14.8 Å². The number of aryl methyl sites for hydroxylation is 2.